The second-order valence-electron chi connectivity index (χ2n) is 19.1. The zero-order valence-electron chi connectivity index (χ0n) is 35.5. The van der Waals surface area contributed by atoms with E-state index in [-0.39, 0.29) is 47.0 Å². The highest BCUT2D eigenvalue weighted by molar-refractivity contribution is 6.99. The first-order valence-electron chi connectivity index (χ1n) is 20.2. The summed E-state index contributed by atoms with van der Waals surface area (Å²) in [6, 6.07) is 21.8. The average Bonchev–Trinajstić information content (AvgIpc) is 3.10. The van der Waals surface area contributed by atoms with Crippen LogP contribution in [0.4, 0.5) is 0 Å². The molecule has 2 aromatic rings. The molecule has 0 aromatic heterocycles. The van der Waals surface area contributed by atoms with E-state index < -0.39 is 34.3 Å². The number of ether oxygens (including phenoxy) is 4. The molecule has 300 valence electrons. The number of allylic oxidation sites excluding steroid dienone is 1. The van der Waals surface area contributed by atoms with E-state index >= 15 is 0 Å². The molecule has 1 N–H and O–H groups in total. The van der Waals surface area contributed by atoms with E-state index in [4.69, 9.17) is 27.8 Å². The van der Waals surface area contributed by atoms with Crippen LogP contribution in [-0.4, -0.2) is 77.6 Å². The standard InChI is InChI=1S/C45H70O7Si2/c1-32(41(51-53(12,13)42(3,4)5)33(2)40-30-45(52-44(9,10)49-40)27-26-35(46)31-48-45)28-34-24-25-38(39(29-34)47-11)50-54(43(6,7)8,36-20-16-14-17-21-36)37-22-18-15-19-23-37/h14-23,26-28,33-35,38-41,46H,24-25,29-31H2,1-13H3/b32-28+/t33-,34+,35-,38-,39-,40+,41+,45+/m1/s1. The van der Waals surface area contributed by atoms with Crippen molar-refractivity contribution in [3.63, 3.8) is 0 Å². The molecule has 0 unspecified atom stereocenters. The molecule has 54 heavy (non-hydrogen) atoms. The number of hydrogen-bond acceptors (Lipinski definition) is 7. The predicted octanol–water partition coefficient (Wildman–Crippen LogP) is 8.90. The van der Waals surface area contributed by atoms with Crippen LogP contribution in [0.15, 0.2) is 84.5 Å². The third kappa shape index (κ3) is 9.43. The number of methoxy groups -OCH3 is 1. The van der Waals surface area contributed by atoms with E-state index in [1.807, 2.05) is 27.0 Å². The summed E-state index contributed by atoms with van der Waals surface area (Å²) in [6.07, 6.45) is 8.36. The summed E-state index contributed by atoms with van der Waals surface area (Å²) in [7, 11) is -3.10. The van der Waals surface area contributed by atoms with Gasteiger partial charge < -0.3 is 32.9 Å². The molecule has 5 rings (SSSR count). The lowest BCUT2D eigenvalue weighted by molar-refractivity contribution is -0.393. The number of aliphatic hydroxyl groups is 1. The van der Waals surface area contributed by atoms with Gasteiger partial charge in [-0.05, 0) is 91.1 Å². The van der Waals surface area contributed by atoms with E-state index in [0.717, 1.165) is 19.3 Å². The van der Waals surface area contributed by atoms with E-state index in [9.17, 15) is 5.11 Å². The number of hydrogen-bond donors (Lipinski definition) is 1. The Morgan fingerprint density at radius 2 is 1.50 bits per heavy atom. The van der Waals surface area contributed by atoms with E-state index in [2.05, 4.69) is 135 Å². The molecule has 3 aliphatic rings. The summed E-state index contributed by atoms with van der Waals surface area (Å²) in [6.45, 7) is 27.2. The summed E-state index contributed by atoms with van der Waals surface area (Å²) < 4.78 is 40.6. The van der Waals surface area contributed by atoms with Crippen molar-refractivity contribution in [3.05, 3.63) is 84.5 Å². The Hall–Kier alpha value is -1.93. The Bertz CT molecular complexity index is 1540. The van der Waals surface area contributed by atoms with Gasteiger partial charge in [0, 0.05) is 19.4 Å². The van der Waals surface area contributed by atoms with Crippen molar-refractivity contribution < 1.29 is 32.9 Å². The molecule has 2 aromatic carbocycles. The fraction of sp³-hybridized carbons (Fsp3) is 0.644. The molecule has 1 aliphatic carbocycles. The van der Waals surface area contributed by atoms with Gasteiger partial charge in [0.2, 0.25) is 0 Å². The van der Waals surface area contributed by atoms with Gasteiger partial charge in [0.1, 0.15) is 0 Å². The molecular weight excluding hydrogens is 709 g/mol. The van der Waals surface area contributed by atoms with Gasteiger partial charge in [-0.25, -0.2) is 0 Å². The Balaban J connectivity index is 1.43. The van der Waals surface area contributed by atoms with Crippen molar-refractivity contribution in [3.8, 4) is 0 Å². The van der Waals surface area contributed by atoms with Crippen LogP contribution >= 0.6 is 0 Å². The van der Waals surface area contributed by atoms with Gasteiger partial charge in [-0.1, -0.05) is 121 Å². The van der Waals surface area contributed by atoms with Crippen molar-refractivity contribution in [2.24, 2.45) is 11.8 Å². The second kappa shape index (κ2) is 16.5. The maximum absolute atomic E-state index is 10.2. The molecule has 2 fully saturated rings. The number of benzene rings is 2. The SMILES string of the molecule is CO[C@@H]1C[C@H](/C=C(\C)[C@H](O[Si](C)(C)C(C)(C)C)[C@H](C)[C@@H]2C[C@]3(C=C[C@@H](O)CO3)OC(C)(C)O2)CC[C@H]1O[Si](c1ccccc1)(c1ccccc1)C(C)(C)C. The summed E-state index contributed by atoms with van der Waals surface area (Å²) in [5.41, 5.74) is 1.23. The molecule has 0 radical (unpaired) electrons. The Kier molecular flexibility index (Phi) is 13.2. The van der Waals surface area contributed by atoms with Crippen molar-refractivity contribution in [2.45, 2.75) is 160 Å². The van der Waals surface area contributed by atoms with Crippen LogP contribution in [0.1, 0.15) is 94.9 Å². The third-order valence-electron chi connectivity index (χ3n) is 12.5. The van der Waals surface area contributed by atoms with Crippen LogP contribution in [0.2, 0.25) is 23.2 Å². The fourth-order valence-corrected chi connectivity index (χ4v) is 14.7. The molecule has 1 spiro atoms. The summed E-state index contributed by atoms with van der Waals surface area (Å²) in [5, 5.41) is 12.7. The first kappa shape index (κ1) is 43.2. The maximum Gasteiger partial charge on any atom is 0.261 e. The van der Waals surface area contributed by atoms with E-state index in [1.54, 1.807) is 6.08 Å². The second-order valence-corrected chi connectivity index (χ2v) is 28.2. The normalized spacial score (nSPS) is 29.6. The van der Waals surface area contributed by atoms with Gasteiger partial charge >= 0.3 is 0 Å². The summed E-state index contributed by atoms with van der Waals surface area (Å²) in [5.74, 6) is -1.50. The van der Waals surface area contributed by atoms with Crippen molar-refractivity contribution in [1.29, 1.82) is 0 Å². The highest BCUT2D eigenvalue weighted by Gasteiger charge is 2.54. The Labute approximate surface area is 329 Å². The monoisotopic (exact) mass is 778 g/mol. The molecule has 9 heteroatoms. The zero-order valence-corrected chi connectivity index (χ0v) is 37.5. The van der Waals surface area contributed by atoms with Crippen LogP contribution in [0.25, 0.3) is 0 Å². The molecule has 2 heterocycles. The summed E-state index contributed by atoms with van der Waals surface area (Å²) >= 11 is 0. The minimum atomic E-state index is -2.74. The van der Waals surface area contributed by atoms with Gasteiger partial charge in [0.05, 0.1) is 37.1 Å². The lowest BCUT2D eigenvalue weighted by Crippen LogP contribution is -2.68. The van der Waals surface area contributed by atoms with E-state index in [1.165, 1.54) is 15.9 Å². The van der Waals surface area contributed by atoms with Gasteiger partial charge in [-0.3, -0.25) is 0 Å². The molecule has 1 saturated heterocycles. The molecular formula is C45H70O7Si2. The van der Waals surface area contributed by atoms with Crippen LogP contribution in [0, 0.1) is 11.8 Å². The minimum Gasteiger partial charge on any atom is -0.410 e. The first-order valence-corrected chi connectivity index (χ1v) is 25.0. The van der Waals surface area contributed by atoms with Gasteiger partial charge in [0.25, 0.3) is 8.32 Å². The van der Waals surface area contributed by atoms with Crippen LogP contribution in [0.5, 0.6) is 0 Å². The summed E-state index contributed by atoms with van der Waals surface area (Å²) in [4.78, 5) is 0. The van der Waals surface area contributed by atoms with Crippen molar-refractivity contribution in [2.75, 3.05) is 13.7 Å². The number of aliphatic hydroxyl groups excluding tert-OH is 1. The smallest absolute Gasteiger partial charge is 0.261 e. The van der Waals surface area contributed by atoms with Crippen molar-refractivity contribution >= 4 is 27.0 Å². The molecule has 0 bridgehead atoms. The first-order chi connectivity index (χ1) is 25.1. The zero-order chi connectivity index (χ0) is 39.7. The van der Waals surface area contributed by atoms with Gasteiger partial charge in [-0.15, -0.1) is 0 Å². The molecule has 2 aliphatic heterocycles. The fourth-order valence-electron chi connectivity index (χ4n) is 8.60. The highest BCUT2D eigenvalue weighted by Crippen LogP contribution is 2.45. The molecule has 8 atom stereocenters. The highest BCUT2D eigenvalue weighted by atomic mass is 28.4. The van der Waals surface area contributed by atoms with Crippen molar-refractivity contribution in [1.82, 2.24) is 0 Å². The largest absolute Gasteiger partial charge is 0.410 e. The minimum absolute atomic E-state index is 0.00677. The maximum atomic E-state index is 10.2. The Morgan fingerprint density at radius 3 is 2.00 bits per heavy atom. The average molecular weight is 779 g/mol. The lowest BCUT2D eigenvalue weighted by atomic mass is 9.82. The third-order valence-corrected chi connectivity index (χ3v) is 22.0. The van der Waals surface area contributed by atoms with E-state index in [0.29, 0.717) is 12.3 Å². The van der Waals surface area contributed by atoms with Gasteiger partial charge in [-0.2, -0.15) is 0 Å². The molecule has 7 nitrogen and oxygen atoms in total. The number of rotatable bonds is 11. The quantitative estimate of drug-likeness (QED) is 0.181. The molecule has 0 amide bonds. The van der Waals surface area contributed by atoms with Crippen LogP contribution in [0.3, 0.4) is 0 Å². The predicted molar refractivity (Wildman–Crippen MR) is 224 cm³/mol. The lowest BCUT2D eigenvalue weighted by Gasteiger charge is -2.51. The van der Waals surface area contributed by atoms with Crippen LogP contribution < -0.4 is 10.4 Å². The van der Waals surface area contributed by atoms with Crippen LogP contribution in [-0.2, 0) is 27.8 Å². The molecule has 1 saturated carbocycles. The topological polar surface area (TPSA) is 75.6 Å². The van der Waals surface area contributed by atoms with Gasteiger partial charge in [0.15, 0.2) is 19.9 Å². The Morgan fingerprint density at radius 1 is 0.907 bits per heavy atom.